The molecule has 0 aliphatic carbocycles. The number of halogens is 2. The molecule has 1 aromatic heterocycles. The molecule has 0 fully saturated rings. The van der Waals surface area contributed by atoms with Crippen molar-refractivity contribution < 1.29 is 9.53 Å². The Bertz CT molecular complexity index is 605. The lowest BCUT2D eigenvalue weighted by molar-refractivity contribution is 0.0607. The highest BCUT2D eigenvalue weighted by atomic mass is 35.5. The molecular weight excluding hydrogens is 291 g/mol. The number of hydrogen-bond donors (Lipinski definition) is 0. The van der Waals surface area contributed by atoms with Crippen molar-refractivity contribution in [1.82, 2.24) is 0 Å². The van der Waals surface area contributed by atoms with Crippen LogP contribution in [0.5, 0.6) is 0 Å². The molecule has 1 heterocycles. The molecule has 0 spiro atoms. The summed E-state index contributed by atoms with van der Waals surface area (Å²) in [7, 11) is 1.37. The number of carbonyl (C=O) groups excluding carboxylic acids is 1. The molecule has 2 nitrogen and oxygen atoms in total. The predicted octanol–water partition coefficient (Wildman–Crippen LogP) is 4.82. The molecule has 0 radical (unpaired) electrons. The van der Waals surface area contributed by atoms with Crippen LogP contribution in [0.2, 0.25) is 10.0 Å². The van der Waals surface area contributed by atoms with Crippen LogP contribution in [0.3, 0.4) is 0 Å². The number of rotatable bonds is 2. The Balaban J connectivity index is 2.59. The molecule has 0 amide bonds. The van der Waals surface area contributed by atoms with Crippen LogP contribution in [-0.2, 0) is 4.74 Å². The number of esters is 1. The van der Waals surface area contributed by atoms with Gasteiger partial charge >= 0.3 is 5.97 Å². The number of aryl methyl sites for hydroxylation is 1. The zero-order chi connectivity index (χ0) is 13.3. The molecule has 0 unspecified atom stereocenters. The highest BCUT2D eigenvalue weighted by molar-refractivity contribution is 7.12. The van der Waals surface area contributed by atoms with Gasteiger partial charge in [-0.3, -0.25) is 0 Å². The first-order chi connectivity index (χ1) is 8.54. The summed E-state index contributed by atoms with van der Waals surface area (Å²) in [5.41, 5.74) is 2.73. The van der Waals surface area contributed by atoms with Gasteiger partial charge in [0.2, 0.25) is 0 Å². The first-order valence-corrected chi connectivity index (χ1v) is 6.80. The summed E-state index contributed by atoms with van der Waals surface area (Å²) in [5, 5.41) is 2.88. The van der Waals surface area contributed by atoms with Gasteiger partial charge in [-0.25, -0.2) is 4.79 Å². The number of carbonyl (C=O) groups is 1. The van der Waals surface area contributed by atoms with Gasteiger partial charge in [-0.1, -0.05) is 29.3 Å². The van der Waals surface area contributed by atoms with Crippen LogP contribution < -0.4 is 0 Å². The van der Waals surface area contributed by atoms with Gasteiger partial charge in [-0.15, -0.1) is 11.3 Å². The molecule has 1 aromatic carbocycles. The van der Waals surface area contributed by atoms with Gasteiger partial charge < -0.3 is 4.74 Å². The number of benzene rings is 1. The van der Waals surface area contributed by atoms with Crippen molar-refractivity contribution in [3.05, 3.63) is 44.1 Å². The molecule has 0 N–H and O–H groups in total. The number of hydrogen-bond acceptors (Lipinski definition) is 3. The second kappa shape index (κ2) is 5.31. The molecule has 2 rings (SSSR count). The molecule has 0 aliphatic heterocycles. The van der Waals surface area contributed by atoms with Gasteiger partial charge in [0.1, 0.15) is 4.88 Å². The monoisotopic (exact) mass is 300 g/mol. The summed E-state index contributed by atoms with van der Waals surface area (Å²) in [6.45, 7) is 1.95. The fraction of sp³-hybridized carbons (Fsp3) is 0.154. The van der Waals surface area contributed by atoms with Crippen LogP contribution in [0, 0.1) is 6.92 Å². The Labute approximate surface area is 119 Å². The second-order valence-electron chi connectivity index (χ2n) is 3.74. The molecule has 0 atom stereocenters. The first-order valence-electron chi connectivity index (χ1n) is 5.16. The Kier molecular flexibility index (Phi) is 3.95. The third-order valence-electron chi connectivity index (χ3n) is 2.55. The quantitative estimate of drug-likeness (QED) is 0.744. The number of ether oxygens (including phenoxy) is 1. The molecule has 18 heavy (non-hydrogen) atoms. The van der Waals surface area contributed by atoms with Crippen LogP contribution in [0.1, 0.15) is 15.2 Å². The Morgan fingerprint density at radius 1 is 1.28 bits per heavy atom. The maximum absolute atomic E-state index is 11.7. The number of methoxy groups -OCH3 is 1. The van der Waals surface area contributed by atoms with E-state index in [1.165, 1.54) is 18.4 Å². The van der Waals surface area contributed by atoms with Gasteiger partial charge in [-0.05, 0) is 35.6 Å². The van der Waals surface area contributed by atoms with E-state index in [4.69, 9.17) is 27.9 Å². The van der Waals surface area contributed by atoms with Gasteiger partial charge in [0.05, 0.1) is 17.2 Å². The molecule has 0 saturated carbocycles. The van der Waals surface area contributed by atoms with E-state index >= 15 is 0 Å². The molecule has 94 valence electrons. The average Bonchev–Trinajstić information content (AvgIpc) is 2.74. The first kappa shape index (κ1) is 13.4. The maximum atomic E-state index is 11.7. The maximum Gasteiger partial charge on any atom is 0.348 e. The Morgan fingerprint density at radius 2 is 2.00 bits per heavy atom. The fourth-order valence-electron chi connectivity index (χ4n) is 1.70. The summed E-state index contributed by atoms with van der Waals surface area (Å²) in [6, 6.07) is 5.32. The zero-order valence-electron chi connectivity index (χ0n) is 9.79. The topological polar surface area (TPSA) is 26.3 Å². The van der Waals surface area contributed by atoms with Gasteiger partial charge in [-0.2, -0.15) is 0 Å². The lowest BCUT2D eigenvalue weighted by Gasteiger charge is -2.06. The van der Waals surface area contributed by atoms with Gasteiger partial charge in [0.25, 0.3) is 0 Å². The van der Waals surface area contributed by atoms with Gasteiger partial charge in [0.15, 0.2) is 0 Å². The van der Waals surface area contributed by atoms with E-state index in [-0.39, 0.29) is 5.97 Å². The number of thiophene rings is 1. The van der Waals surface area contributed by atoms with Crippen LogP contribution in [0.4, 0.5) is 0 Å². The summed E-state index contributed by atoms with van der Waals surface area (Å²) in [5.74, 6) is -0.339. The zero-order valence-corrected chi connectivity index (χ0v) is 12.1. The normalized spacial score (nSPS) is 10.4. The fourth-order valence-corrected chi connectivity index (χ4v) is 2.98. The highest BCUT2D eigenvalue weighted by Crippen LogP contribution is 2.35. The van der Waals surface area contributed by atoms with E-state index in [0.29, 0.717) is 14.9 Å². The summed E-state index contributed by atoms with van der Waals surface area (Å²) in [6.07, 6.45) is 0. The minimum atomic E-state index is -0.339. The Morgan fingerprint density at radius 3 is 2.61 bits per heavy atom. The minimum Gasteiger partial charge on any atom is -0.465 e. The van der Waals surface area contributed by atoms with Crippen molar-refractivity contribution >= 4 is 40.5 Å². The van der Waals surface area contributed by atoms with Crippen molar-refractivity contribution in [2.75, 3.05) is 7.11 Å². The molecule has 0 bridgehead atoms. The molecule has 2 aromatic rings. The van der Waals surface area contributed by atoms with Gasteiger partial charge in [0, 0.05) is 5.56 Å². The molecule has 5 heteroatoms. The standard InChI is InChI=1S/C13H10Cl2O2S/c1-7-6-18-12(13(16)17-2)11(7)8-3-4-9(14)10(15)5-8/h3-6H,1-2H3. The molecule has 0 aliphatic rings. The predicted molar refractivity (Wildman–Crippen MR) is 75.9 cm³/mol. The van der Waals surface area contributed by atoms with Crippen molar-refractivity contribution in [3.63, 3.8) is 0 Å². The largest absolute Gasteiger partial charge is 0.465 e. The van der Waals surface area contributed by atoms with E-state index in [9.17, 15) is 4.79 Å². The Hall–Kier alpha value is -1.03. The average molecular weight is 301 g/mol. The van der Waals surface area contributed by atoms with E-state index in [1.54, 1.807) is 12.1 Å². The summed E-state index contributed by atoms with van der Waals surface area (Å²) >= 11 is 13.3. The molecule has 0 saturated heterocycles. The van der Waals surface area contributed by atoms with E-state index in [2.05, 4.69) is 0 Å². The van der Waals surface area contributed by atoms with Crippen molar-refractivity contribution in [1.29, 1.82) is 0 Å². The van der Waals surface area contributed by atoms with Crippen LogP contribution in [0.15, 0.2) is 23.6 Å². The lowest BCUT2D eigenvalue weighted by atomic mass is 10.0. The van der Waals surface area contributed by atoms with Crippen LogP contribution in [0.25, 0.3) is 11.1 Å². The van der Waals surface area contributed by atoms with E-state index < -0.39 is 0 Å². The second-order valence-corrected chi connectivity index (χ2v) is 5.44. The lowest BCUT2D eigenvalue weighted by Crippen LogP contribution is -2.00. The summed E-state index contributed by atoms with van der Waals surface area (Å²) < 4.78 is 4.78. The van der Waals surface area contributed by atoms with Crippen LogP contribution >= 0.6 is 34.5 Å². The third kappa shape index (κ3) is 2.39. The van der Waals surface area contributed by atoms with Crippen molar-refractivity contribution in [2.45, 2.75) is 6.92 Å². The smallest absolute Gasteiger partial charge is 0.348 e. The van der Waals surface area contributed by atoms with E-state index in [0.717, 1.165) is 16.7 Å². The summed E-state index contributed by atoms with van der Waals surface area (Å²) in [4.78, 5) is 12.3. The SMILES string of the molecule is COC(=O)c1scc(C)c1-c1ccc(Cl)c(Cl)c1. The van der Waals surface area contributed by atoms with Crippen molar-refractivity contribution in [2.24, 2.45) is 0 Å². The highest BCUT2D eigenvalue weighted by Gasteiger charge is 2.18. The van der Waals surface area contributed by atoms with E-state index in [1.807, 2.05) is 18.4 Å². The minimum absolute atomic E-state index is 0.339. The van der Waals surface area contributed by atoms with Crippen molar-refractivity contribution in [3.8, 4) is 11.1 Å². The molecular formula is C13H10Cl2O2S. The third-order valence-corrected chi connectivity index (χ3v) is 4.37. The van der Waals surface area contributed by atoms with Crippen LogP contribution in [-0.4, -0.2) is 13.1 Å².